The monoisotopic (exact) mass is 167 g/mol. The smallest absolute Gasteiger partial charge is 0.324 e. The van der Waals surface area contributed by atoms with Crippen molar-refractivity contribution in [3.63, 3.8) is 0 Å². The van der Waals surface area contributed by atoms with Crippen LogP contribution in [-0.4, -0.2) is 25.2 Å². The van der Waals surface area contributed by atoms with Gasteiger partial charge in [-0.1, -0.05) is 6.08 Å². The molecule has 0 radical (unpaired) electrons. The van der Waals surface area contributed by atoms with E-state index in [9.17, 15) is 4.57 Å². The van der Waals surface area contributed by atoms with Gasteiger partial charge >= 0.3 is 7.60 Å². The summed E-state index contributed by atoms with van der Waals surface area (Å²) in [5.74, 6) is 0. The Morgan fingerprint density at radius 1 is 1.90 bits per heavy atom. The highest BCUT2D eigenvalue weighted by Crippen LogP contribution is 2.34. The van der Waals surface area contributed by atoms with E-state index >= 15 is 0 Å². The summed E-state index contributed by atoms with van der Waals surface area (Å²) in [6.07, 6.45) is 1.65. The Morgan fingerprint density at radius 2 is 2.10 bits per heavy atom. The van der Waals surface area contributed by atoms with E-state index in [1.54, 1.807) is 6.08 Å². The summed E-state index contributed by atoms with van der Waals surface area (Å²) >= 11 is 0. The molecule has 0 aromatic heterocycles. The van der Waals surface area contributed by atoms with Crippen molar-refractivity contribution in [1.82, 2.24) is 0 Å². The Labute approximate surface area is 61.2 Å². The summed E-state index contributed by atoms with van der Waals surface area (Å²) < 4.78 is 14.0. The number of hydrogen-bond acceptors (Lipinski definition) is 3. The third kappa shape index (κ3) is 24.9. The summed E-state index contributed by atoms with van der Waals surface area (Å²) in [5, 5.41) is 0. The minimum absolute atomic E-state index is 0.583. The average Bonchev–Trinajstić information content (AvgIpc) is 1.87. The summed E-state index contributed by atoms with van der Waals surface area (Å²) in [6, 6.07) is 0. The predicted octanol–water partition coefficient (Wildman–Crippen LogP) is 0.579. The van der Waals surface area contributed by atoms with Gasteiger partial charge in [-0.15, -0.1) is 6.58 Å². The van der Waals surface area contributed by atoms with Gasteiger partial charge < -0.3 is 15.2 Å². The highest BCUT2D eigenvalue weighted by Gasteiger charge is 2.02. The second kappa shape index (κ2) is 6.96. The Balaban J connectivity index is 0. The lowest BCUT2D eigenvalue weighted by atomic mass is 10.7. The van der Waals surface area contributed by atoms with Crippen LogP contribution in [0, 0.1) is 0 Å². The third-order valence-corrected chi connectivity index (χ3v) is 1.18. The molecule has 4 nitrogen and oxygen atoms in total. The molecule has 1 unspecified atom stereocenters. The van der Waals surface area contributed by atoms with Crippen molar-refractivity contribution in [2.75, 3.05) is 20.3 Å². The van der Waals surface area contributed by atoms with Gasteiger partial charge in [0.15, 0.2) is 0 Å². The summed E-state index contributed by atoms with van der Waals surface area (Å²) in [5.41, 5.74) is 4.91. The SMILES string of the molecule is C=CCN.COP(C)(=O)O. The molecule has 3 N–H and O–H groups in total. The Hall–Kier alpha value is -0.150. The van der Waals surface area contributed by atoms with Crippen molar-refractivity contribution < 1.29 is 14.0 Å². The van der Waals surface area contributed by atoms with Gasteiger partial charge in [-0.2, -0.15) is 0 Å². The molecule has 0 fully saturated rings. The molecular formula is C5H14NO3P. The fraction of sp³-hybridized carbons (Fsp3) is 0.600. The van der Waals surface area contributed by atoms with Crippen molar-refractivity contribution in [1.29, 1.82) is 0 Å². The first-order chi connectivity index (χ1) is 4.47. The van der Waals surface area contributed by atoms with Crippen LogP contribution in [0.5, 0.6) is 0 Å². The molecular weight excluding hydrogens is 153 g/mol. The van der Waals surface area contributed by atoms with Gasteiger partial charge in [-0.25, -0.2) is 0 Å². The lowest BCUT2D eigenvalue weighted by molar-refractivity contribution is 0.322. The van der Waals surface area contributed by atoms with Crippen LogP contribution < -0.4 is 5.73 Å². The first kappa shape index (κ1) is 12.5. The summed E-state index contributed by atoms with van der Waals surface area (Å²) in [6.45, 7) is 5.07. The van der Waals surface area contributed by atoms with E-state index in [1.807, 2.05) is 0 Å². The predicted molar refractivity (Wildman–Crippen MR) is 42.0 cm³/mol. The van der Waals surface area contributed by atoms with E-state index in [0.717, 1.165) is 6.66 Å². The quantitative estimate of drug-likeness (QED) is 0.466. The molecule has 1 atom stereocenters. The zero-order valence-electron chi connectivity index (χ0n) is 6.28. The molecule has 0 aliphatic heterocycles. The third-order valence-electron chi connectivity index (χ3n) is 0.505. The van der Waals surface area contributed by atoms with Gasteiger partial charge in [0.2, 0.25) is 0 Å². The second-order valence-electron chi connectivity index (χ2n) is 1.51. The van der Waals surface area contributed by atoms with Gasteiger partial charge in [0.1, 0.15) is 0 Å². The zero-order valence-corrected chi connectivity index (χ0v) is 7.17. The molecule has 62 valence electrons. The molecule has 0 saturated carbocycles. The van der Waals surface area contributed by atoms with Crippen molar-refractivity contribution >= 4 is 7.60 Å². The standard InChI is InChI=1S/C3H7N.C2H7O3P/c1-2-3-4;1-5-6(2,3)4/h2H,1,3-4H2;1-2H3,(H,3,4). The van der Waals surface area contributed by atoms with Crippen LogP contribution in [0.4, 0.5) is 0 Å². The molecule has 0 aromatic carbocycles. The van der Waals surface area contributed by atoms with E-state index in [4.69, 9.17) is 10.6 Å². The van der Waals surface area contributed by atoms with E-state index in [2.05, 4.69) is 11.1 Å². The lowest BCUT2D eigenvalue weighted by Crippen LogP contribution is -1.90. The highest BCUT2D eigenvalue weighted by molar-refractivity contribution is 7.51. The molecule has 0 bridgehead atoms. The normalized spacial score (nSPS) is 14.4. The lowest BCUT2D eigenvalue weighted by Gasteiger charge is -1.96. The molecule has 0 spiro atoms. The van der Waals surface area contributed by atoms with E-state index in [1.165, 1.54) is 7.11 Å². The highest BCUT2D eigenvalue weighted by atomic mass is 31.2. The van der Waals surface area contributed by atoms with Crippen LogP contribution in [-0.2, 0) is 9.09 Å². The molecule has 0 rings (SSSR count). The number of rotatable bonds is 2. The molecule has 0 aliphatic carbocycles. The van der Waals surface area contributed by atoms with Gasteiger partial charge in [0.05, 0.1) is 0 Å². The molecule has 0 amide bonds. The van der Waals surface area contributed by atoms with Crippen LogP contribution in [0.3, 0.4) is 0 Å². The molecule has 0 heterocycles. The van der Waals surface area contributed by atoms with Crippen LogP contribution in [0.1, 0.15) is 0 Å². The number of hydrogen-bond donors (Lipinski definition) is 2. The molecule has 0 saturated heterocycles. The summed E-state index contributed by atoms with van der Waals surface area (Å²) in [7, 11) is -1.95. The maximum absolute atomic E-state index is 9.92. The average molecular weight is 167 g/mol. The second-order valence-corrected chi connectivity index (χ2v) is 3.48. The van der Waals surface area contributed by atoms with Crippen LogP contribution >= 0.6 is 7.60 Å². The Morgan fingerprint density at radius 3 is 2.10 bits per heavy atom. The molecule has 0 aliphatic rings. The Bertz CT molecular complexity index is 120. The number of nitrogens with two attached hydrogens (primary N) is 1. The van der Waals surface area contributed by atoms with Crippen LogP contribution in [0.2, 0.25) is 0 Å². The summed E-state index contributed by atoms with van der Waals surface area (Å²) in [4.78, 5) is 8.16. The molecule has 0 aromatic rings. The fourth-order valence-corrected chi connectivity index (χ4v) is 0. The van der Waals surface area contributed by atoms with Crippen molar-refractivity contribution in [2.24, 2.45) is 5.73 Å². The molecule has 5 heteroatoms. The first-order valence-electron chi connectivity index (χ1n) is 2.65. The Kier molecular flexibility index (Phi) is 8.72. The topological polar surface area (TPSA) is 72.5 Å². The van der Waals surface area contributed by atoms with Gasteiger partial charge in [-0.3, -0.25) is 4.57 Å². The maximum atomic E-state index is 9.92. The fourth-order valence-electron chi connectivity index (χ4n) is 0. The zero-order chi connectivity index (χ0) is 8.62. The largest absolute Gasteiger partial charge is 0.327 e. The van der Waals surface area contributed by atoms with Gasteiger partial charge in [0.25, 0.3) is 0 Å². The van der Waals surface area contributed by atoms with Gasteiger partial charge in [0, 0.05) is 20.3 Å². The van der Waals surface area contributed by atoms with Crippen molar-refractivity contribution in [3.05, 3.63) is 12.7 Å². The van der Waals surface area contributed by atoms with Crippen LogP contribution in [0.25, 0.3) is 0 Å². The first-order valence-corrected chi connectivity index (χ1v) is 4.67. The van der Waals surface area contributed by atoms with Crippen LogP contribution in [0.15, 0.2) is 12.7 Å². The van der Waals surface area contributed by atoms with Crippen molar-refractivity contribution in [3.8, 4) is 0 Å². The van der Waals surface area contributed by atoms with Crippen molar-refractivity contribution in [2.45, 2.75) is 0 Å². The maximum Gasteiger partial charge on any atom is 0.324 e. The minimum Gasteiger partial charge on any atom is -0.327 e. The minimum atomic E-state index is -3.15. The van der Waals surface area contributed by atoms with E-state index in [0.29, 0.717) is 6.54 Å². The molecule has 10 heavy (non-hydrogen) atoms. The van der Waals surface area contributed by atoms with E-state index in [-0.39, 0.29) is 0 Å². The van der Waals surface area contributed by atoms with E-state index < -0.39 is 7.60 Å². The van der Waals surface area contributed by atoms with Gasteiger partial charge in [-0.05, 0) is 0 Å².